The minimum atomic E-state index is -1.38. The number of rotatable bonds is 7. The molecule has 0 saturated heterocycles. The van der Waals surface area contributed by atoms with Gasteiger partial charge in [0.1, 0.15) is 19.9 Å². The zero-order chi connectivity index (χ0) is 39.7. The highest BCUT2D eigenvalue weighted by Gasteiger charge is 2.20. The molecule has 0 unspecified atom stereocenters. The van der Waals surface area contributed by atoms with Crippen molar-refractivity contribution >= 4 is 52.5 Å². The van der Waals surface area contributed by atoms with Gasteiger partial charge < -0.3 is 24.7 Å². The monoisotopic (exact) mass is 716 g/mol. The summed E-state index contributed by atoms with van der Waals surface area (Å²) in [5.41, 5.74) is 9.68. The summed E-state index contributed by atoms with van der Waals surface area (Å²) >= 11 is 0. The van der Waals surface area contributed by atoms with Crippen molar-refractivity contribution in [2.45, 2.75) is 13.8 Å². The smallest absolute Gasteiger partial charge is 0.371 e. The maximum Gasteiger partial charge on any atom is 0.371 e. The lowest BCUT2D eigenvalue weighted by Crippen LogP contribution is -2.12. The molecule has 5 rings (SSSR count). The van der Waals surface area contributed by atoms with E-state index < -0.39 is 17.7 Å². The maximum atomic E-state index is 11.5. The molecule has 0 bridgehead atoms. The van der Waals surface area contributed by atoms with Gasteiger partial charge in [-0.1, -0.05) is 66.2 Å². The molecule has 0 spiro atoms. The predicted octanol–water partition coefficient (Wildman–Crippen LogP) is 7.92. The molecule has 0 radical (unpaired) electrons. The van der Waals surface area contributed by atoms with Crippen LogP contribution in [0.5, 0.6) is 0 Å². The molecular formula is C44H50N3O6+. The Bertz CT molecular complexity index is 1920. The van der Waals surface area contributed by atoms with Gasteiger partial charge in [0.25, 0.3) is 0 Å². The number of ketones is 1. The Labute approximate surface area is 313 Å². The second-order valence-electron chi connectivity index (χ2n) is 12.4. The number of carboxylic acid groups (broad SMARTS) is 2. The zero-order valence-electron chi connectivity index (χ0n) is 31.8. The molecule has 0 atom stereocenters. The van der Waals surface area contributed by atoms with Crippen LogP contribution in [0.3, 0.4) is 0 Å². The van der Waals surface area contributed by atoms with Crippen molar-refractivity contribution in [2.24, 2.45) is 0 Å². The summed E-state index contributed by atoms with van der Waals surface area (Å²) < 4.78 is 7.63. The first kappa shape index (κ1) is 42.7. The molecule has 2 aliphatic rings. The Hall–Kier alpha value is -6.48. The Balaban J connectivity index is 0.000000321. The summed E-state index contributed by atoms with van der Waals surface area (Å²) in [5.74, 6) is -2.86. The van der Waals surface area contributed by atoms with E-state index in [1.54, 1.807) is 6.08 Å². The fraction of sp³-hybridized carbons (Fsp3) is 0.182. The molecule has 0 saturated carbocycles. The number of carbonyl (C=O) groups excluding carboxylic acids is 1. The first-order valence-electron chi connectivity index (χ1n) is 16.7. The van der Waals surface area contributed by atoms with Crippen LogP contribution in [0.4, 0.5) is 11.4 Å². The number of Topliss-reactive ketones (excluding diaryl/α,β-unsaturated/α-hetero) is 1. The third-order valence-electron chi connectivity index (χ3n) is 7.65. The molecule has 53 heavy (non-hydrogen) atoms. The SMILES string of the molecule is C=C.CC(=O)C(=O)O.CN(C)c1ccc(C2=CC(=C3C=CC(=[N+](C)C)C=C3)OC(C(=O)O)=C2)cc1.Cc1ccc(/C=C/c2ccc(N(C)C)cc2)cc1. The molecule has 3 aromatic rings. The van der Waals surface area contributed by atoms with Gasteiger partial charge in [0.2, 0.25) is 11.5 Å². The molecule has 1 aliphatic carbocycles. The maximum absolute atomic E-state index is 11.5. The minimum Gasteiger partial charge on any atom is -0.476 e. The lowest BCUT2D eigenvalue weighted by atomic mass is 9.99. The molecule has 9 nitrogen and oxygen atoms in total. The van der Waals surface area contributed by atoms with Crippen LogP contribution in [-0.4, -0.2) is 80.5 Å². The van der Waals surface area contributed by atoms with Crippen molar-refractivity contribution in [3.63, 3.8) is 0 Å². The van der Waals surface area contributed by atoms with Crippen LogP contribution in [0.25, 0.3) is 17.7 Å². The lowest BCUT2D eigenvalue weighted by Gasteiger charge is -2.18. The number of carboxylic acids is 2. The second-order valence-corrected chi connectivity index (χ2v) is 12.4. The van der Waals surface area contributed by atoms with Crippen molar-refractivity contribution in [2.75, 3.05) is 52.1 Å². The van der Waals surface area contributed by atoms with E-state index >= 15 is 0 Å². The molecule has 1 heterocycles. The number of nitrogens with zero attached hydrogens (tertiary/aromatic N) is 3. The molecule has 9 heteroatoms. The average molecular weight is 717 g/mol. The van der Waals surface area contributed by atoms with E-state index in [4.69, 9.17) is 9.84 Å². The number of aryl methyl sites for hydroxylation is 1. The Morgan fingerprint density at radius 1 is 0.698 bits per heavy atom. The van der Waals surface area contributed by atoms with Gasteiger partial charge in [0, 0.05) is 64.2 Å². The number of carbonyl (C=O) groups is 3. The molecule has 3 aromatic carbocycles. The number of ether oxygens (including phenoxy) is 1. The van der Waals surface area contributed by atoms with Crippen LogP contribution < -0.4 is 9.80 Å². The molecular weight excluding hydrogens is 666 g/mol. The fourth-order valence-electron chi connectivity index (χ4n) is 4.55. The van der Waals surface area contributed by atoms with Crippen molar-refractivity contribution in [1.82, 2.24) is 0 Å². The summed E-state index contributed by atoms with van der Waals surface area (Å²) in [6, 6.07) is 25.1. The van der Waals surface area contributed by atoms with Crippen LogP contribution in [-0.2, 0) is 19.1 Å². The fourth-order valence-corrected chi connectivity index (χ4v) is 4.55. The number of anilines is 2. The molecule has 0 fully saturated rings. The van der Waals surface area contributed by atoms with Crippen LogP contribution >= 0.6 is 0 Å². The summed E-state index contributed by atoms with van der Waals surface area (Å²) in [6.07, 6.45) is 15.5. The Morgan fingerprint density at radius 2 is 1.13 bits per heavy atom. The van der Waals surface area contributed by atoms with Crippen molar-refractivity contribution in [3.05, 3.63) is 162 Å². The van der Waals surface area contributed by atoms with Gasteiger partial charge in [-0.15, -0.1) is 13.2 Å². The van der Waals surface area contributed by atoms with Crippen molar-refractivity contribution in [1.29, 1.82) is 0 Å². The average Bonchev–Trinajstić information content (AvgIpc) is 3.16. The molecule has 2 N–H and O–H groups in total. The van der Waals surface area contributed by atoms with E-state index in [0.29, 0.717) is 5.76 Å². The molecule has 1 aliphatic heterocycles. The molecule has 0 amide bonds. The summed E-state index contributed by atoms with van der Waals surface area (Å²) in [4.78, 5) is 34.6. The standard InChI is InChI=1S/C22H22N2O3.C17H19N.C3H4O3.C2H4/c1-23(2)18-9-5-15(6-10-18)17-13-20(27-21(14-17)22(25)26)16-7-11-19(12-8-16)24(3)4;1-14-4-6-15(7-5-14)8-9-16-10-12-17(13-11-16)18(2)3;1-2(4)3(5)6;1-2/h5-14H,1-4H3;4-13H,1-3H3;1H3,(H,5,6);1-2H2/p+1/b;9-8+;;. The van der Waals surface area contributed by atoms with Crippen LogP contribution in [0.1, 0.15) is 29.2 Å². The number of aliphatic carboxylic acids is 2. The first-order chi connectivity index (χ1) is 25.1. The van der Waals surface area contributed by atoms with E-state index in [1.807, 2.05) is 92.3 Å². The van der Waals surface area contributed by atoms with Gasteiger partial charge in [-0.25, -0.2) is 14.2 Å². The van der Waals surface area contributed by atoms with Gasteiger partial charge in [-0.3, -0.25) is 4.79 Å². The van der Waals surface area contributed by atoms with Gasteiger partial charge >= 0.3 is 11.9 Å². The quantitative estimate of drug-likeness (QED) is 0.110. The first-order valence-corrected chi connectivity index (χ1v) is 16.7. The van der Waals surface area contributed by atoms with E-state index in [2.05, 4.69) is 99.8 Å². The zero-order valence-corrected chi connectivity index (χ0v) is 31.8. The van der Waals surface area contributed by atoms with E-state index in [9.17, 15) is 19.5 Å². The van der Waals surface area contributed by atoms with Crippen molar-refractivity contribution < 1.29 is 33.9 Å². The Kier molecular flexibility index (Phi) is 16.9. The van der Waals surface area contributed by atoms with E-state index in [1.165, 1.54) is 22.4 Å². The number of benzene rings is 3. The normalized spacial score (nSPS) is 12.7. The largest absolute Gasteiger partial charge is 0.476 e. The highest BCUT2D eigenvalue weighted by molar-refractivity contribution is 6.31. The third-order valence-corrected chi connectivity index (χ3v) is 7.65. The van der Waals surface area contributed by atoms with E-state index in [-0.39, 0.29) is 5.76 Å². The predicted molar refractivity (Wildman–Crippen MR) is 218 cm³/mol. The topological polar surface area (TPSA) is 110 Å². The number of hydrogen-bond donors (Lipinski definition) is 2. The van der Waals surface area contributed by atoms with Crippen molar-refractivity contribution in [3.8, 4) is 0 Å². The lowest BCUT2D eigenvalue weighted by molar-refractivity contribution is -0.462. The third kappa shape index (κ3) is 14.0. The van der Waals surface area contributed by atoms with Gasteiger partial charge in [0.15, 0.2) is 5.71 Å². The number of hydrogen-bond acceptors (Lipinski definition) is 6. The van der Waals surface area contributed by atoms with Gasteiger partial charge in [-0.05, 0) is 77.8 Å². The van der Waals surface area contributed by atoms with Gasteiger partial charge in [-0.2, -0.15) is 0 Å². The summed E-state index contributed by atoms with van der Waals surface area (Å²) in [6.45, 7) is 9.11. The highest BCUT2D eigenvalue weighted by atomic mass is 16.5. The van der Waals surface area contributed by atoms with E-state index in [0.717, 1.165) is 35.0 Å². The minimum absolute atomic E-state index is 0.0872. The van der Waals surface area contributed by atoms with Crippen LogP contribution in [0.2, 0.25) is 0 Å². The summed E-state index contributed by atoms with van der Waals surface area (Å²) in [7, 11) is 12.0. The number of allylic oxidation sites excluding steroid dienone is 8. The second kappa shape index (κ2) is 21.0. The molecule has 276 valence electrons. The Morgan fingerprint density at radius 3 is 1.53 bits per heavy atom. The molecule has 0 aromatic heterocycles. The van der Waals surface area contributed by atoms with Gasteiger partial charge in [0.05, 0.1) is 0 Å². The highest BCUT2D eigenvalue weighted by Crippen LogP contribution is 2.30. The van der Waals surface area contributed by atoms with Crippen LogP contribution in [0.15, 0.2) is 140 Å². The van der Waals surface area contributed by atoms with Crippen LogP contribution in [0, 0.1) is 6.92 Å². The summed E-state index contributed by atoms with van der Waals surface area (Å²) in [5, 5.41) is 17.1.